The number of nitrogens with two attached hydrogens (primary N) is 1. The number of carbonyl (C=O) groups excluding carboxylic acids is 1. The van der Waals surface area contributed by atoms with Crippen molar-refractivity contribution in [3.63, 3.8) is 0 Å². The second-order valence-corrected chi connectivity index (χ2v) is 5.53. The van der Waals surface area contributed by atoms with Crippen LogP contribution in [-0.4, -0.2) is 21.9 Å². The van der Waals surface area contributed by atoms with Crippen LogP contribution >= 0.6 is 15.9 Å². The van der Waals surface area contributed by atoms with Gasteiger partial charge < -0.3 is 11.1 Å². The molecule has 0 unspecified atom stereocenters. The number of hydrogen-bond donors (Lipinski definition) is 2. The van der Waals surface area contributed by atoms with E-state index in [1.54, 1.807) is 0 Å². The third kappa shape index (κ3) is 3.41. The Morgan fingerprint density at radius 1 is 1.39 bits per heavy atom. The fourth-order valence-electron chi connectivity index (χ4n) is 2.34. The van der Waals surface area contributed by atoms with Crippen LogP contribution in [0.2, 0.25) is 0 Å². The maximum atomic E-state index is 11.1. The molecular formula is C12H17BrN4O. The van der Waals surface area contributed by atoms with Gasteiger partial charge in [0, 0.05) is 18.0 Å². The molecule has 0 spiro atoms. The summed E-state index contributed by atoms with van der Waals surface area (Å²) in [6, 6.07) is 2.23. The summed E-state index contributed by atoms with van der Waals surface area (Å²) in [7, 11) is 0. The minimum Gasteiger partial charge on any atom is -0.369 e. The third-order valence-electron chi connectivity index (χ3n) is 3.29. The maximum absolute atomic E-state index is 11.1. The number of anilines is 1. The Kier molecular flexibility index (Phi) is 4.16. The molecular weight excluding hydrogens is 296 g/mol. The van der Waals surface area contributed by atoms with Crippen LogP contribution in [0.25, 0.3) is 0 Å². The largest absolute Gasteiger partial charge is 0.369 e. The second kappa shape index (κ2) is 5.65. The number of halogens is 1. The molecule has 0 saturated heterocycles. The van der Waals surface area contributed by atoms with Gasteiger partial charge in [-0.1, -0.05) is 0 Å². The van der Waals surface area contributed by atoms with Crippen molar-refractivity contribution in [2.45, 2.75) is 38.6 Å². The molecule has 2 rings (SSSR count). The smallest absolute Gasteiger partial charge is 0.220 e. The molecule has 1 amide bonds. The van der Waals surface area contributed by atoms with E-state index in [1.807, 2.05) is 13.0 Å². The number of amides is 1. The zero-order valence-corrected chi connectivity index (χ0v) is 11.9. The first-order valence-electron chi connectivity index (χ1n) is 6.11. The molecule has 6 heteroatoms. The molecule has 98 valence electrons. The molecule has 0 atom stereocenters. The number of hydrogen-bond acceptors (Lipinski definition) is 4. The van der Waals surface area contributed by atoms with Crippen LogP contribution in [0.4, 0.5) is 5.82 Å². The van der Waals surface area contributed by atoms with Crippen LogP contribution in [0, 0.1) is 12.8 Å². The highest BCUT2D eigenvalue weighted by atomic mass is 79.9. The Morgan fingerprint density at radius 3 is 2.61 bits per heavy atom. The molecule has 1 heterocycles. The summed E-state index contributed by atoms with van der Waals surface area (Å²) in [6.07, 6.45) is 3.62. The van der Waals surface area contributed by atoms with Gasteiger partial charge in [-0.15, -0.1) is 0 Å². The van der Waals surface area contributed by atoms with Gasteiger partial charge in [0.05, 0.1) is 0 Å². The maximum Gasteiger partial charge on any atom is 0.220 e. The number of nitrogens with zero attached hydrogens (tertiary/aromatic N) is 2. The van der Waals surface area contributed by atoms with Gasteiger partial charge in [0.15, 0.2) is 0 Å². The number of primary amides is 1. The highest BCUT2D eigenvalue weighted by molar-refractivity contribution is 9.10. The van der Waals surface area contributed by atoms with E-state index in [4.69, 9.17) is 5.73 Å². The minimum atomic E-state index is -0.172. The van der Waals surface area contributed by atoms with Gasteiger partial charge in [-0.2, -0.15) is 0 Å². The quantitative estimate of drug-likeness (QED) is 0.836. The molecule has 1 aliphatic carbocycles. The van der Waals surface area contributed by atoms with Crippen molar-refractivity contribution in [3.8, 4) is 0 Å². The van der Waals surface area contributed by atoms with Crippen LogP contribution < -0.4 is 11.1 Å². The predicted octanol–water partition coefficient (Wildman–Crippen LogP) is 2.00. The van der Waals surface area contributed by atoms with E-state index in [0.29, 0.717) is 6.04 Å². The van der Waals surface area contributed by atoms with Crippen molar-refractivity contribution in [1.82, 2.24) is 9.97 Å². The molecule has 1 saturated carbocycles. The zero-order chi connectivity index (χ0) is 13.1. The molecule has 1 fully saturated rings. The van der Waals surface area contributed by atoms with E-state index in [9.17, 15) is 4.79 Å². The fraction of sp³-hybridized carbons (Fsp3) is 0.583. The van der Waals surface area contributed by atoms with E-state index in [-0.39, 0.29) is 11.8 Å². The molecule has 5 nitrogen and oxygen atoms in total. The number of carbonyl (C=O) groups is 1. The summed E-state index contributed by atoms with van der Waals surface area (Å²) in [5.41, 5.74) is 5.32. The van der Waals surface area contributed by atoms with Gasteiger partial charge in [0.25, 0.3) is 0 Å². The van der Waals surface area contributed by atoms with E-state index in [0.717, 1.165) is 41.9 Å². The molecule has 3 N–H and O–H groups in total. The predicted molar refractivity (Wildman–Crippen MR) is 73.0 cm³/mol. The monoisotopic (exact) mass is 312 g/mol. The molecule has 0 aromatic carbocycles. The Morgan fingerprint density at radius 2 is 2.06 bits per heavy atom. The van der Waals surface area contributed by atoms with Crippen molar-refractivity contribution >= 4 is 27.7 Å². The summed E-state index contributed by atoms with van der Waals surface area (Å²) in [6.45, 7) is 1.86. The van der Waals surface area contributed by atoms with Crippen molar-refractivity contribution < 1.29 is 4.79 Å². The average molecular weight is 313 g/mol. The first-order valence-corrected chi connectivity index (χ1v) is 6.91. The lowest BCUT2D eigenvalue weighted by atomic mass is 9.85. The van der Waals surface area contributed by atoms with Crippen LogP contribution in [0.5, 0.6) is 0 Å². The van der Waals surface area contributed by atoms with Crippen LogP contribution in [-0.2, 0) is 4.79 Å². The standard InChI is InChI=1S/C12H17BrN4O/c1-7-15-10(13)6-11(16-7)17-9-4-2-8(3-5-9)12(14)18/h6,8-9H,2-5H2,1H3,(H2,14,18)(H,15,16,17). The highest BCUT2D eigenvalue weighted by Gasteiger charge is 2.24. The van der Waals surface area contributed by atoms with Crippen molar-refractivity contribution in [1.29, 1.82) is 0 Å². The molecule has 1 aromatic rings. The minimum absolute atomic E-state index is 0.0434. The lowest BCUT2D eigenvalue weighted by molar-refractivity contribution is -0.122. The SMILES string of the molecule is Cc1nc(Br)cc(NC2CCC(C(N)=O)CC2)n1. The summed E-state index contributed by atoms with van der Waals surface area (Å²) < 4.78 is 0.781. The van der Waals surface area contributed by atoms with Crippen molar-refractivity contribution in [2.24, 2.45) is 11.7 Å². The summed E-state index contributed by atoms with van der Waals surface area (Å²) in [4.78, 5) is 19.6. The van der Waals surface area contributed by atoms with Gasteiger partial charge >= 0.3 is 0 Å². The van der Waals surface area contributed by atoms with Crippen LogP contribution in [0.3, 0.4) is 0 Å². The number of rotatable bonds is 3. The van der Waals surface area contributed by atoms with Crippen LogP contribution in [0.1, 0.15) is 31.5 Å². The summed E-state index contributed by atoms with van der Waals surface area (Å²) in [5, 5.41) is 3.39. The summed E-state index contributed by atoms with van der Waals surface area (Å²) >= 11 is 3.35. The lowest BCUT2D eigenvalue weighted by Crippen LogP contribution is -2.32. The molecule has 0 aliphatic heterocycles. The Bertz CT molecular complexity index is 423. The van der Waals surface area contributed by atoms with Gasteiger partial charge in [-0.3, -0.25) is 4.79 Å². The Labute approximate surface area is 115 Å². The lowest BCUT2D eigenvalue weighted by Gasteiger charge is -2.27. The van der Waals surface area contributed by atoms with Gasteiger partial charge in [-0.05, 0) is 48.5 Å². The molecule has 1 aromatic heterocycles. The average Bonchev–Trinajstić information content (AvgIpc) is 2.28. The highest BCUT2D eigenvalue weighted by Crippen LogP contribution is 2.26. The van der Waals surface area contributed by atoms with E-state index < -0.39 is 0 Å². The zero-order valence-electron chi connectivity index (χ0n) is 10.3. The summed E-state index contributed by atoms with van der Waals surface area (Å²) in [5.74, 6) is 1.44. The van der Waals surface area contributed by atoms with Crippen LogP contribution in [0.15, 0.2) is 10.7 Å². The van der Waals surface area contributed by atoms with Gasteiger partial charge in [0.1, 0.15) is 16.2 Å². The van der Waals surface area contributed by atoms with Crippen molar-refractivity contribution in [2.75, 3.05) is 5.32 Å². The fourth-order valence-corrected chi connectivity index (χ4v) is 2.81. The Balaban J connectivity index is 1.93. The normalized spacial score (nSPS) is 23.7. The topological polar surface area (TPSA) is 80.9 Å². The van der Waals surface area contributed by atoms with Crippen molar-refractivity contribution in [3.05, 3.63) is 16.5 Å². The van der Waals surface area contributed by atoms with E-state index in [2.05, 4.69) is 31.2 Å². The first-order chi connectivity index (χ1) is 8.54. The molecule has 18 heavy (non-hydrogen) atoms. The Hall–Kier alpha value is -1.17. The second-order valence-electron chi connectivity index (χ2n) is 4.72. The van der Waals surface area contributed by atoms with Gasteiger partial charge in [0.2, 0.25) is 5.91 Å². The van der Waals surface area contributed by atoms with E-state index >= 15 is 0 Å². The molecule has 0 bridgehead atoms. The number of aryl methyl sites for hydroxylation is 1. The number of nitrogens with one attached hydrogen (secondary N) is 1. The number of aromatic nitrogens is 2. The van der Waals surface area contributed by atoms with Gasteiger partial charge in [-0.25, -0.2) is 9.97 Å². The third-order valence-corrected chi connectivity index (χ3v) is 3.69. The van der Waals surface area contributed by atoms with E-state index in [1.165, 1.54) is 0 Å². The first kappa shape index (κ1) is 13.3. The molecule has 1 aliphatic rings. The molecule has 0 radical (unpaired) electrons.